The van der Waals surface area contributed by atoms with Crippen LogP contribution in [0.1, 0.15) is 11.1 Å². The lowest BCUT2D eigenvalue weighted by Gasteiger charge is -2.25. The lowest BCUT2D eigenvalue weighted by Crippen LogP contribution is -2.30. The molecule has 0 fully saturated rings. The number of pyridine rings is 1. The van der Waals surface area contributed by atoms with Gasteiger partial charge in [0.15, 0.2) is 6.20 Å². The molecule has 0 N–H and O–H groups in total. The van der Waals surface area contributed by atoms with Crippen LogP contribution in [0.25, 0.3) is 66.9 Å². The molecule has 39 heavy (non-hydrogen) atoms. The molecule has 0 radical (unpaired) electrons. The first-order chi connectivity index (χ1) is 19.1. The highest BCUT2D eigenvalue weighted by molar-refractivity contribution is 6.07. The number of rotatable bonds is 2. The fraction of sp³-hybridized carbons (Fsp3) is 0.0789. The SMILES string of the molecule is Cc1ccc(-c2cc[n+](C)c(-c3c(C)ccc4c3-c3ccccc3-c3ccccc3-c3ccccc3-4)c2)cc1. The zero-order chi connectivity index (χ0) is 26.5. The summed E-state index contributed by atoms with van der Waals surface area (Å²) in [5.41, 5.74) is 17.7. The normalized spacial score (nSPS) is 11.5. The Bertz CT molecular complexity index is 1870. The largest absolute Gasteiger partial charge is 0.213 e. The molecule has 1 aromatic heterocycles. The molecule has 0 amide bonds. The molecule has 1 aliphatic carbocycles. The van der Waals surface area contributed by atoms with Gasteiger partial charge < -0.3 is 0 Å². The molecule has 0 spiro atoms. The van der Waals surface area contributed by atoms with E-state index in [2.05, 4.69) is 153 Å². The Balaban J connectivity index is 1.59. The summed E-state index contributed by atoms with van der Waals surface area (Å²) in [6, 6.07) is 44.6. The number of nitrogens with zero attached hydrogens (tertiary/aromatic N) is 1. The van der Waals surface area contributed by atoms with Gasteiger partial charge in [-0.15, -0.1) is 0 Å². The predicted octanol–water partition coefficient (Wildman–Crippen LogP) is 9.44. The number of hydrogen-bond acceptors (Lipinski definition) is 0. The minimum atomic E-state index is 1.21. The molecule has 6 aromatic rings. The van der Waals surface area contributed by atoms with Crippen molar-refractivity contribution in [1.29, 1.82) is 0 Å². The Hall–Kier alpha value is -4.75. The van der Waals surface area contributed by atoms with Crippen molar-refractivity contribution in [2.75, 3.05) is 0 Å². The Morgan fingerprint density at radius 2 is 0.949 bits per heavy atom. The molecule has 7 rings (SSSR count). The van der Waals surface area contributed by atoms with Gasteiger partial charge in [-0.05, 0) is 69.5 Å². The van der Waals surface area contributed by atoms with Gasteiger partial charge in [-0.3, -0.25) is 0 Å². The van der Waals surface area contributed by atoms with E-state index in [4.69, 9.17) is 0 Å². The number of aryl methyl sites for hydroxylation is 3. The number of hydrogen-bond donors (Lipinski definition) is 0. The molecule has 1 heteroatoms. The Morgan fingerprint density at radius 3 is 1.54 bits per heavy atom. The van der Waals surface area contributed by atoms with Crippen molar-refractivity contribution >= 4 is 0 Å². The lowest BCUT2D eigenvalue weighted by molar-refractivity contribution is -0.660. The fourth-order valence-corrected chi connectivity index (χ4v) is 6.13. The predicted molar refractivity (Wildman–Crippen MR) is 163 cm³/mol. The third kappa shape index (κ3) is 3.82. The van der Waals surface area contributed by atoms with Crippen molar-refractivity contribution in [2.45, 2.75) is 13.8 Å². The molecule has 0 saturated heterocycles. The van der Waals surface area contributed by atoms with Crippen LogP contribution in [0.3, 0.4) is 0 Å². The lowest BCUT2D eigenvalue weighted by atomic mass is 9.78. The number of aromatic nitrogens is 1. The quantitative estimate of drug-likeness (QED) is 0.208. The molecule has 1 aliphatic rings. The third-order valence-corrected chi connectivity index (χ3v) is 8.13. The van der Waals surface area contributed by atoms with Crippen LogP contribution in [0.2, 0.25) is 0 Å². The van der Waals surface area contributed by atoms with E-state index < -0.39 is 0 Å². The summed E-state index contributed by atoms with van der Waals surface area (Å²) in [7, 11) is 2.16. The highest BCUT2D eigenvalue weighted by Crippen LogP contribution is 2.50. The first-order valence-electron chi connectivity index (χ1n) is 13.6. The van der Waals surface area contributed by atoms with E-state index in [-0.39, 0.29) is 0 Å². The second-order valence-electron chi connectivity index (χ2n) is 10.6. The fourth-order valence-electron chi connectivity index (χ4n) is 6.13. The number of benzene rings is 5. The van der Waals surface area contributed by atoms with Crippen molar-refractivity contribution in [3.05, 3.63) is 139 Å². The van der Waals surface area contributed by atoms with Gasteiger partial charge >= 0.3 is 0 Å². The summed E-state index contributed by atoms with van der Waals surface area (Å²) < 4.78 is 2.27. The van der Waals surface area contributed by atoms with E-state index in [1.165, 1.54) is 78.0 Å². The topological polar surface area (TPSA) is 3.88 Å². The van der Waals surface area contributed by atoms with Crippen molar-refractivity contribution in [3.8, 4) is 66.9 Å². The van der Waals surface area contributed by atoms with Gasteiger partial charge in [0.25, 0.3) is 0 Å². The summed E-state index contributed by atoms with van der Waals surface area (Å²) >= 11 is 0. The van der Waals surface area contributed by atoms with Gasteiger partial charge in [-0.25, -0.2) is 4.57 Å². The molecule has 0 atom stereocenters. The smallest absolute Gasteiger partial charge is 0.201 e. The molecular formula is C38H30N+. The van der Waals surface area contributed by atoms with Gasteiger partial charge in [0.2, 0.25) is 5.69 Å². The van der Waals surface area contributed by atoms with Crippen molar-refractivity contribution in [1.82, 2.24) is 0 Å². The van der Waals surface area contributed by atoms with E-state index in [0.717, 1.165) is 0 Å². The molecular weight excluding hydrogens is 470 g/mol. The van der Waals surface area contributed by atoms with Crippen molar-refractivity contribution in [3.63, 3.8) is 0 Å². The van der Waals surface area contributed by atoms with Crippen LogP contribution in [-0.4, -0.2) is 0 Å². The standard InChI is InChI=1S/C38H30N/c1-25-16-19-27(20-17-25)28-22-23-39(3)36(24-28)37-26(2)18-21-35-33-14-7-6-12-31(33)29-10-4-5-11-30(29)32-13-8-9-15-34(32)38(35)37/h4-24H,1-3H3/q+1. The van der Waals surface area contributed by atoms with E-state index in [1.807, 2.05) is 0 Å². The van der Waals surface area contributed by atoms with Crippen LogP contribution in [-0.2, 0) is 7.05 Å². The highest BCUT2D eigenvalue weighted by Gasteiger charge is 2.27. The van der Waals surface area contributed by atoms with Crippen LogP contribution >= 0.6 is 0 Å². The molecule has 1 nitrogen and oxygen atoms in total. The average molecular weight is 501 g/mol. The second-order valence-corrected chi connectivity index (χ2v) is 10.6. The average Bonchev–Trinajstić information content (AvgIpc) is 2.97. The summed E-state index contributed by atoms with van der Waals surface area (Å²) in [6.07, 6.45) is 2.20. The van der Waals surface area contributed by atoms with Crippen LogP contribution in [0.15, 0.2) is 128 Å². The Kier molecular flexibility index (Phi) is 5.52. The van der Waals surface area contributed by atoms with Crippen LogP contribution in [0.4, 0.5) is 0 Å². The zero-order valence-corrected chi connectivity index (χ0v) is 22.6. The van der Waals surface area contributed by atoms with Gasteiger partial charge in [0, 0.05) is 17.7 Å². The molecule has 0 bridgehead atoms. The highest BCUT2D eigenvalue weighted by atomic mass is 14.9. The minimum absolute atomic E-state index is 1.21. The second kappa shape index (κ2) is 9.22. The van der Waals surface area contributed by atoms with Crippen LogP contribution < -0.4 is 4.57 Å². The van der Waals surface area contributed by atoms with E-state index >= 15 is 0 Å². The monoisotopic (exact) mass is 500 g/mol. The first kappa shape index (κ1) is 23.4. The summed E-state index contributed by atoms with van der Waals surface area (Å²) in [5, 5.41) is 0. The van der Waals surface area contributed by atoms with Gasteiger partial charge in [0.05, 0.1) is 5.56 Å². The molecule has 186 valence electrons. The maximum atomic E-state index is 2.36. The van der Waals surface area contributed by atoms with Crippen molar-refractivity contribution in [2.24, 2.45) is 7.05 Å². The Morgan fingerprint density at radius 1 is 0.436 bits per heavy atom. The molecule has 0 unspecified atom stereocenters. The molecule has 0 aliphatic heterocycles. The van der Waals surface area contributed by atoms with Crippen molar-refractivity contribution < 1.29 is 4.57 Å². The molecule has 1 heterocycles. The van der Waals surface area contributed by atoms with Gasteiger partial charge in [-0.1, -0.05) is 115 Å². The Labute approximate surface area is 230 Å². The van der Waals surface area contributed by atoms with Crippen LogP contribution in [0, 0.1) is 13.8 Å². The van der Waals surface area contributed by atoms with Gasteiger partial charge in [-0.2, -0.15) is 0 Å². The zero-order valence-electron chi connectivity index (χ0n) is 22.6. The summed E-state index contributed by atoms with van der Waals surface area (Å²) in [4.78, 5) is 0. The van der Waals surface area contributed by atoms with E-state index in [0.29, 0.717) is 0 Å². The van der Waals surface area contributed by atoms with E-state index in [1.54, 1.807) is 0 Å². The summed E-state index contributed by atoms with van der Waals surface area (Å²) in [5.74, 6) is 0. The summed E-state index contributed by atoms with van der Waals surface area (Å²) in [6.45, 7) is 4.38. The first-order valence-corrected chi connectivity index (χ1v) is 13.6. The number of fused-ring (bicyclic) bond motifs is 8. The molecule has 0 saturated carbocycles. The minimum Gasteiger partial charge on any atom is -0.201 e. The maximum absolute atomic E-state index is 2.36. The van der Waals surface area contributed by atoms with Crippen LogP contribution in [0.5, 0.6) is 0 Å². The third-order valence-electron chi connectivity index (χ3n) is 8.13. The van der Waals surface area contributed by atoms with Gasteiger partial charge in [0.1, 0.15) is 7.05 Å². The molecule has 5 aromatic carbocycles. The maximum Gasteiger partial charge on any atom is 0.213 e. The van der Waals surface area contributed by atoms with E-state index in [9.17, 15) is 0 Å².